The van der Waals surface area contributed by atoms with E-state index in [4.69, 9.17) is 17.3 Å². The molecule has 0 aliphatic carbocycles. The molecule has 21 heavy (non-hydrogen) atoms. The van der Waals surface area contributed by atoms with E-state index in [1.807, 2.05) is 13.8 Å². The smallest absolute Gasteiger partial charge is 0.267 e. The maximum Gasteiger partial charge on any atom is 0.267 e. The Morgan fingerprint density at radius 1 is 1.48 bits per heavy atom. The van der Waals surface area contributed by atoms with Crippen molar-refractivity contribution in [2.75, 3.05) is 6.54 Å². The first-order chi connectivity index (χ1) is 9.87. The molecule has 0 amide bonds. The van der Waals surface area contributed by atoms with Crippen molar-refractivity contribution < 1.29 is 13.6 Å². The van der Waals surface area contributed by atoms with Crippen LogP contribution in [-0.2, 0) is 0 Å². The number of nitrogens with two attached hydrogens (primary N) is 1. The molecular formula is C14H16ClF2N3O. The van der Waals surface area contributed by atoms with Crippen molar-refractivity contribution in [3.05, 3.63) is 29.3 Å². The minimum Gasteiger partial charge on any atom is -0.369 e. The summed E-state index contributed by atoms with van der Waals surface area (Å²) >= 11 is 5.41. The minimum atomic E-state index is -2.81. The molecule has 1 aromatic carbocycles. The van der Waals surface area contributed by atoms with Crippen molar-refractivity contribution in [1.29, 1.82) is 0 Å². The highest BCUT2D eigenvalue weighted by Crippen LogP contribution is 2.46. The number of halogens is 3. The van der Waals surface area contributed by atoms with E-state index >= 15 is 0 Å². The SMILES string of the molecule is CC.NC1=Nc2ccc(C(=O)Cl)cc2C2CC(F)(F)CN12. The maximum atomic E-state index is 13.5. The average Bonchev–Trinajstić information content (AvgIpc) is 2.77. The van der Waals surface area contributed by atoms with Gasteiger partial charge in [0.15, 0.2) is 5.96 Å². The van der Waals surface area contributed by atoms with Gasteiger partial charge in [-0.15, -0.1) is 0 Å². The van der Waals surface area contributed by atoms with Gasteiger partial charge < -0.3 is 10.6 Å². The van der Waals surface area contributed by atoms with Gasteiger partial charge in [0.25, 0.3) is 11.2 Å². The molecule has 1 atom stereocenters. The summed E-state index contributed by atoms with van der Waals surface area (Å²) in [6.07, 6.45) is -0.337. The van der Waals surface area contributed by atoms with Crippen molar-refractivity contribution in [3.8, 4) is 0 Å². The number of rotatable bonds is 1. The number of benzene rings is 1. The van der Waals surface area contributed by atoms with E-state index in [0.29, 0.717) is 11.3 Å². The van der Waals surface area contributed by atoms with Crippen LogP contribution in [-0.4, -0.2) is 28.6 Å². The second-order valence-electron chi connectivity index (χ2n) is 4.72. The van der Waals surface area contributed by atoms with Crippen LogP contribution in [0.5, 0.6) is 0 Å². The summed E-state index contributed by atoms with van der Waals surface area (Å²) in [5.74, 6) is -2.73. The van der Waals surface area contributed by atoms with E-state index in [-0.39, 0.29) is 17.9 Å². The Bertz CT molecular complexity index is 604. The molecule has 1 fully saturated rings. The number of carbonyl (C=O) groups is 1. The standard InChI is InChI=1S/C12H10ClF2N3O.C2H6/c13-10(19)6-1-2-8-7(3-6)9-4-12(14,15)5-18(9)11(16)17-8;1-2/h1-3,9H,4-5H2,(H2,16,17);1-2H3. The van der Waals surface area contributed by atoms with Crippen LogP contribution in [0, 0.1) is 0 Å². The predicted molar refractivity (Wildman–Crippen MR) is 78.3 cm³/mol. The molecule has 7 heteroatoms. The number of nitrogens with zero attached hydrogens (tertiary/aromatic N) is 2. The molecular weight excluding hydrogens is 300 g/mol. The lowest BCUT2D eigenvalue weighted by molar-refractivity contribution is 0.0165. The Morgan fingerprint density at radius 3 is 2.76 bits per heavy atom. The van der Waals surface area contributed by atoms with Crippen LogP contribution in [0.4, 0.5) is 14.5 Å². The zero-order valence-corrected chi connectivity index (χ0v) is 12.5. The molecule has 0 aromatic heterocycles. The van der Waals surface area contributed by atoms with Crippen LogP contribution < -0.4 is 5.73 Å². The molecule has 1 unspecified atom stereocenters. The zero-order chi connectivity index (χ0) is 15.8. The molecule has 1 aromatic rings. The number of carbonyl (C=O) groups excluding carboxylic acids is 1. The highest BCUT2D eigenvalue weighted by molar-refractivity contribution is 6.67. The van der Waals surface area contributed by atoms with Gasteiger partial charge in [-0.3, -0.25) is 4.79 Å². The van der Waals surface area contributed by atoms with E-state index in [9.17, 15) is 13.6 Å². The third-order valence-electron chi connectivity index (χ3n) is 3.41. The fourth-order valence-electron chi connectivity index (χ4n) is 2.57. The van der Waals surface area contributed by atoms with Crippen LogP contribution in [0.1, 0.15) is 42.2 Å². The molecule has 2 aliphatic rings. The Kier molecular flexibility index (Phi) is 4.18. The second kappa shape index (κ2) is 5.60. The fourth-order valence-corrected chi connectivity index (χ4v) is 2.69. The predicted octanol–water partition coefficient (Wildman–Crippen LogP) is 3.43. The zero-order valence-electron chi connectivity index (χ0n) is 11.7. The van der Waals surface area contributed by atoms with Gasteiger partial charge in [0.2, 0.25) is 0 Å². The molecule has 2 heterocycles. The van der Waals surface area contributed by atoms with Gasteiger partial charge in [-0.25, -0.2) is 13.8 Å². The van der Waals surface area contributed by atoms with Crippen molar-refractivity contribution in [2.45, 2.75) is 32.2 Å². The summed E-state index contributed by atoms with van der Waals surface area (Å²) < 4.78 is 27.1. The first-order valence-electron chi connectivity index (χ1n) is 6.70. The van der Waals surface area contributed by atoms with Crippen LogP contribution in [0.25, 0.3) is 0 Å². The molecule has 114 valence electrons. The lowest BCUT2D eigenvalue weighted by atomic mass is 9.98. The highest BCUT2D eigenvalue weighted by Gasteiger charge is 2.48. The van der Waals surface area contributed by atoms with E-state index in [0.717, 1.165) is 0 Å². The molecule has 2 aliphatic heterocycles. The van der Waals surface area contributed by atoms with E-state index in [1.54, 1.807) is 6.07 Å². The van der Waals surface area contributed by atoms with Gasteiger partial charge in [0, 0.05) is 17.5 Å². The summed E-state index contributed by atoms with van der Waals surface area (Å²) in [5.41, 5.74) is 7.05. The third kappa shape index (κ3) is 2.85. The van der Waals surface area contributed by atoms with Crippen LogP contribution in [0.15, 0.2) is 23.2 Å². The number of fused-ring (bicyclic) bond motifs is 3. The highest BCUT2D eigenvalue weighted by atomic mass is 35.5. The van der Waals surface area contributed by atoms with E-state index in [2.05, 4.69) is 4.99 Å². The normalized spacial score (nSPS) is 21.7. The van der Waals surface area contributed by atoms with Crippen LogP contribution >= 0.6 is 11.6 Å². The lowest BCUT2D eigenvalue weighted by Gasteiger charge is -2.30. The van der Waals surface area contributed by atoms with Gasteiger partial charge in [-0.05, 0) is 29.8 Å². The first kappa shape index (κ1) is 15.7. The fraction of sp³-hybridized carbons (Fsp3) is 0.429. The monoisotopic (exact) mass is 315 g/mol. The number of hydrogen-bond acceptors (Lipinski definition) is 4. The van der Waals surface area contributed by atoms with Crippen LogP contribution in [0.3, 0.4) is 0 Å². The maximum absolute atomic E-state index is 13.5. The average molecular weight is 316 g/mol. The summed E-state index contributed by atoms with van der Waals surface area (Å²) in [7, 11) is 0. The largest absolute Gasteiger partial charge is 0.369 e. The van der Waals surface area contributed by atoms with Crippen molar-refractivity contribution >= 4 is 28.5 Å². The Labute approximate surface area is 126 Å². The number of guanidine groups is 1. The van der Waals surface area contributed by atoms with Gasteiger partial charge in [-0.2, -0.15) is 0 Å². The number of alkyl halides is 2. The summed E-state index contributed by atoms with van der Waals surface area (Å²) in [4.78, 5) is 16.6. The summed E-state index contributed by atoms with van der Waals surface area (Å²) in [6.45, 7) is 3.55. The molecule has 0 bridgehead atoms. The minimum absolute atomic E-state index is 0.0830. The van der Waals surface area contributed by atoms with Crippen molar-refractivity contribution in [1.82, 2.24) is 4.90 Å². The molecule has 2 N–H and O–H groups in total. The Morgan fingerprint density at radius 2 is 2.14 bits per heavy atom. The van der Waals surface area contributed by atoms with Crippen molar-refractivity contribution in [3.63, 3.8) is 0 Å². The molecule has 3 rings (SSSR count). The lowest BCUT2D eigenvalue weighted by Crippen LogP contribution is -2.40. The molecule has 0 radical (unpaired) electrons. The Balaban J connectivity index is 0.000000774. The second-order valence-corrected chi connectivity index (χ2v) is 5.06. The van der Waals surface area contributed by atoms with Gasteiger partial charge in [0.1, 0.15) is 0 Å². The topological polar surface area (TPSA) is 58.7 Å². The van der Waals surface area contributed by atoms with Crippen LogP contribution in [0.2, 0.25) is 0 Å². The molecule has 0 spiro atoms. The molecule has 1 saturated heterocycles. The quantitative estimate of drug-likeness (QED) is 0.808. The third-order valence-corrected chi connectivity index (χ3v) is 3.63. The number of aliphatic imine (C=N–C) groups is 1. The summed E-state index contributed by atoms with van der Waals surface area (Å²) in [5, 5.41) is -0.623. The van der Waals surface area contributed by atoms with Gasteiger partial charge >= 0.3 is 0 Å². The Hall–Kier alpha value is -1.69. The van der Waals surface area contributed by atoms with E-state index in [1.165, 1.54) is 17.0 Å². The van der Waals surface area contributed by atoms with Gasteiger partial charge in [0.05, 0.1) is 18.3 Å². The van der Waals surface area contributed by atoms with E-state index < -0.39 is 23.8 Å². The molecule has 0 saturated carbocycles. The summed E-state index contributed by atoms with van der Waals surface area (Å²) in [6, 6.07) is 4.04. The van der Waals surface area contributed by atoms with Crippen molar-refractivity contribution in [2.24, 2.45) is 10.7 Å². The van der Waals surface area contributed by atoms with Gasteiger partial charge in [-0.1, -0.05) is 13.8 Å². The molecule has 4 nitrogen and oxygen atoms in total. The first-order valence-corrected chi connectivity index (χ1v) is 7.08. The number of hydrogen-bond donors (Lipinski definition) is 1.